The largest absolute Gasteiger partial charge is 0.351 e. The fourth-order valence-electron chi connectivity index (χ4n) is 2.23. The Hall–Kier alpha value is -1.82. The molecule has 5 nitrogen and oxygen atoms in total. The van der Waals surface area contributed by atoms with E-state index in [1.165, 1.54) is 17.3 Å². The molecule has 23 heavy (non-hydrogen) atoms. The number of rotatable bonds is 4. The van der Waals surface area contributed by atoms with Crippen molar-refractivity contribution >= 4 is 17.7 Å². The number of hydrogen-bond donors (Lipinski definition) is 1. The van der Waals surface area contributed by atoms with Crippen molar-refractivity contribution in [2.24, 2.45) is 0 Å². The van der Waals surface area contributed by atoms with E-state index < -0.39 is 0 Å². The van der Waals surface area contributed by atoms with Crippen LogP contribution in [0.1, 0.15) is 38.8 Å². The lowest BCUT2D eigenvalue weighted by atomic mass is 10.1. The number of benzene rings is 1. The third-order valence-corrected chi connectivity index (χ3v) is 4.33. The molecule has 0 radical (unpaired) electrons. The van der Waals surface area contributed by atoms with E-state index in [2.05, 4.69) is 47.6 Å². The highest BCUT2D eigenvalue weighted by molar-refractivity contribution is 8.00. The van der Waals surface area contributed by atoms with Crippen molar-refractivity contribution in [1.82, 2.24) is 20.1 Å². The summed E-state index contributed by atoms with van der Waals surface area (Å²) < 4.78 is 1.93. The minimum absolute atomic E-state index is 0.00215. The fourth-order valence-corrected chi connectivity index (χ4v) is 3.06. The maximum Gasteiger partial charge on any atom is 0.233 e. The molecule has 6 heteroatoms. The summed E-state index contributed by atoms with van der Waals surface area (Å²) in [7, 11) is 0. The minimum Gasteiger partial charge on any atom is -0.351 e. The van der Waals surface area contributed by atoms with Crippen LogP contribution in [0.15, 0.2) is 29.7 Å². The Bertz CT molecular complexity index is 703. The van der Waals surface area contributed by atoms with E-state index in [0.29, 0.717) is 5.16 Å². The lowest BCUT2D eigenvalue weighted by Crippen LogP contribution is -2.44. The molecule has 0 fully saturated rings. The van der Waals surface area contributed by atoms with Gasteiger partial charge in [0.1, 0.15) is 6.33 Å². The van der Waals surface area contributed by atoms with Gasteiger partial charge in [0.25, 0.3) is 0 Å². The molecule has 1 atom stereocenters. The molecule has 0 aliphatic heterocycles. The molecule has 2 rings (SSSR count). The number of amides is 1. The first-order chi connectivity index (χ1) is 10.7. The molecule has 0 saturated heterocycles. The first kappa shape index (κ1) is 17.5. The number of nitrogens with one attached hydrogen (secondary N) is 1. The van der Waals surface area contributed by atoms with E-state index in [0.717, 1.165) is 11.3 Å². The molecular formula is C17H24N4OS. The quantitative estimate of drug-likeness (QED) is 0.873. The van der Waals surface area contributed by atoms with Crippen LogP contribution in [-0.4, -0.2) is 31.5 Å². The predicted molar refractivity (Wildman–Crippen MR) is 94.0 cm³/mol. The molecule has 0 spiro atoms. The SMILES string of the molecule is Cc1ccc(-n2cnnc2SC(C)C(=O)NC(C)(C)C)c(C)c1. The van der Waals surface area contributed by atoms with E-state index in [1.54, 1.807) is 6.33 Å². The summed E-state index contributed by atoms with van der Waals surface area (Å²) >= 11 is 1.41. The van der Waals surface area contributed by atoms with Crippen LogP contribution >= 0.6 is 11.8 Å². The summed E-state index contributed by atoms with van der Waals surface area (Å²) in [5.41, 5.74) is 3.16. The van der Waals surface area contributed by atoms with Crippen molar-refractivity contribution < 1.29 is 4.79 Å². The molecule has 0 aliphatic rings. The van der Waals surface area contributed by atoms with Gasteiger partial charge in [-0.05, 0) is 53.2 Å². The Kier molecular flexibility index (Phi) is 5.14. The lowest BCUT2D eigenvalue weighted by Gasteiger charge is -2.23. The summed E-state index contributed by atoms with van der Waals surface area (Å²) in [4.78, 5) is 12.3. The molecule has 124 valence electrons. The van der Waals surface area contributed by atoms with Gasteiger partial charge in [0, 0.05) is 5.54 Å². The summed E-state index contributed by atoms with van der Waals surface area (Å²) in [5.74, 6) is -0.00215. The maximum absolute atomic E-state index is 12.3. The van der Waals surface area contributed by atoms with Crippen molar-refractivity contribution in [3.63, 3.8) is 0 Å². The maximum atomic E-state index is 12.3. The van der Waals surface area contributed by atoms with Crippen LogP contribution in [-0.2, 0) is 4.79 Å². The molecule has 1 amide bonds. The lowest BCUT2D eigenvalue weighted by molar-refractivity contribution is -0.121. The molecule has 0 saturated carbocycles. The number of carbonyl (C=O) groups excluding carboxylic acids is 1. The second-order valence-corrected chi connectivity index (χ2v) is 8.08. The minimum atomic E-state index is -0.247. The third kappa shape index (κ3) is 4.58. The van der Waals surface area contributed by atoms with Crippen LogP contribution in [0.5, 0.6) is 0 Å². The Morgan fingerprint density at radius 3 is 2.61 bits per heavy atom. The van der Waals surface area contributed by atoms with Crippen LogP contribution in [0, 0.1) is 13.8 Å². The normalized spacial score (nSPS) is 13.0. The molecule has 1 aromatic carbocycles. The molecule has 1 aromatic heterocycles. The average Bonchev–Trinajstić information content (AvgIpc) is 2.84. The van der Waals surface area contributed by atoms with E-state index in [4.69, 9.17) is 0 Å². The highest BCUT2D eigenvalue weighted by atomic mass is 32.2. The van der Waals surface area contributed by atoms with Crippen molar-refractivity contribution in [1.29, 1.82) is 0 Å². The van der Waals surface area contributed by atoms with Crippen LogP contribution in [0.3, 0.4) is 0 Å². The van der Waals surface area contributed by atoms with Gasteiger partial charge in [0.15, 0.2) is 5.16 Å². The van der Waals surface area contributed by atoms with E-state index >= 15 is 0 Å². The number of aryl methyl sites for hydroxylation is 2. The van der Waals surface area contributed by atoms with Gasteiger partial charge in [0.2, 0.25) is 5.91 Å². The zero-order valence-electron chi connectivity index (χ0n) is 14.5. The van der Waals surface area contributed by atoms with Gasteiger partial charge in [-0.15, -0.1) is 10.2 Å². The Morgan fingerprint density at radius 2 is 2.00 bits per heavy atom. The van der Waals surface area contributed by atoms with E-state index in [-0.39, 0.29) is 16.7 Å². The number of aromatic nitrogens is 3. The predicted octanol–water partition coefficient (Wildman–Crippen LogP) is 3.28. The second kappa shape index (κ2) is 6.74. The van der Waals surface area contributed by atoms with Gasteiger partial charge in [-0.1, -0.05) is 29.5 Å². The molecule has 0 bridgehead atoms. The van der Waals surface area contributed by atoms with Gasteiger partial charge in [-0.2, -0.15) is 0 Å². The summed E-state index contributed by atoms with van der Waals surface area (Å²) in [6, 6.07) is 6.24. The summed E-state index contributed by atoms with van der Waals surface area (Å²) in [6.07, 6.45) is 1.69. The zero-order valence-corrected chi connectivity index (χ0v) is 15.4. The standard InChI is InChI=1S/C17H24N4OS/c1-11-7-8-14(12(2)9-11)21-10-18-20-16(21)23-13(3)15(22)19-17(4,5)6/h7-10,13H,1-6H3,(H,19,22). The van der Waals surface area contributed by atoms with Crippen LogP contribution < -0.4 is 5.32 Å². The monoisotopic (exact) mass is 332 g/mol. The van der Waals surface area contributed by atoms with Crippen LogP contribution in [0.4, 0.5) is 0 Å². The molecular weight excluding hydrogens is 308 g/mol. The highest BCUT2D eigenvalue weighted by Gasteiger charge is 2.22. The van der Waals surface area contributed by atoms with Gasteiger partial charge in [0.05, 0.1) is 10.9 Å². The second-order valence-electron chi connectivity index (χ2n) is 6.77. The molecule has 0 aliphatic carbocycles. The van der Waals surface area contributed by atoms with Crippen molar-refractivity contribution in [2.75, 3.05) is 0 Å². The first-order valence-electron chi connectivity index (χ1n) is 7.64. The Labute approximate surface area is 141 Å². The molecule has 1 unspecified atom stereocenters. The fraction of sp³-hybridized carbons (Fsp3) is 0.471. The van der Waals surface area contributed by atoms with E-state index in [1.807, 2.05) is 32.3 Å². The average molecular weight is 332 g/mol. The molecule has 1 heterocycles. The highest BCUT2D eigenvalue weighted by Crippen LogP contribution is 2.26. The van der Waals surface area contributed by atoms with Gasteiger partial charge < -0.3 is 5.32 Å². The van der Waals surface area contributed by atoms with Gasteiger partial charge in [-0.25, -0.2) is 0 Å². The van der Waals surface area contributed by atoms with Crippen molar-refractivity contribution in [3.8, 4) is 5.69 Å². The zero-order chi connectivity index (χ0) is 17.2. The number of nitrogens with zero attached hydrogens (tertiary/aromatic N) is 3. The Balaban J connectivity index is 2.20. The van der Waals surface area contributed by atoms with Gasteiger partial charge >= 0.3 is 0 Å². The first-order valence-corrected chi connectivity index (χ1v) is 8.51. The summed E-state index contributed by atoms with van der Waals surface area (Å²) in [6.45, 7) is 11.9. The van der Waals surface area contributed by atoms with Crippen molar-refractivity contribution in [2.45, 2.75) is 57.5 Å². The number of carbonyl (C=O) groups is 1. The molecule has 1 N–H and O–H groups in total. The van der Waals surface area contributed by atoms with Crippen LogP contribution in [0.2, 0.25) is 0 Å². The number of thioether (sulfide) groups is 1. The Morgan fingerprint density at radius 1 is 1.30 bits per heavy atom. The summed E-state index contributed by atoms with van der Waals surface area (Å²) in [5, 5.41) is 11.6. The van der Waals surface area contributed by atoms with E-state index in [9.17, 15) is 4.79 Å². The van der Waals surface area contributed by atoms with Crippen LogP contribution in [0.25, 0.3) is 5.69 Å². The van der Waals surface area contributed by atoms with Crippen molar-refractivity contribution in [3.05, 3.63) is 35.7 Å². The third-order valence-electron chi connectivity index (χ3n) is 3.28. The van der Waals surface area contributed by atoms with Gasteiger partial charge in [-0.3, -0.25) is 9.36 Å². The smallest absolute Gasteiger partial charge is 0.233 e. The number of hydrogen-bond acceptors (Lipinski definition) is 4. The molecule has 2 aromatic rings. The topological polar surface area (TPSA) is 59.8 Å².